The second-order valence-electron chi connectivity index (χ2n) is 8.90. The number of benzene rings is 2. The number of fused-ring (bicyclic) bond motifs is 1. The smallest absolute Gasteiger partial charge is 0.333 e. The molecule has 13 nitrogen and oxygen atoms in total. The second kappa shape index (κ2) is 11.1. The number of aliphatic hydroxyl groups excluding tert-OH is 1. The van der Waals surface area contributed by atoms with Gasteiger partial charge in [-0.05, 0) is 36.2 Å². The topological polar surface area (TPSA) is 180 Å². The van der Waals surface area contributed by atoms with Crippen LogP contribution >= 0.6 is 11.6 Å². The van der Waals surface area contributed by atoms with Crippen LogP contribution in [0.5, 0.6) is 5.75 Å². The molecule has 0 radical (unpaired) electrons. The van der Waals surface area contributed by atoms with Gasteiger partial charge in [-0.2, -0.15) is 0 Å². The van der Waals surface area contributed by atoms with Gasteiger partial charge in [0.2, 0.25) is 0 Å². The van der Waals surface area contributed by atoms with Crippen molar-refractivity contribution >= 4 is 34.6 Å². The van der Waals surface area contributed by atoms with E-state index in [9.17, 15) is 15.0 Å². The first-order chi connectivity index (χ1) is 18.9. The van der Waals surface area contributed by atoms with E-state index >= 15 is 0 Å². The number of anilines is 1. The normalized spacial score (nSPS) is 20.5. The van der Waals surface area contributed by atoms with E-state index in [2.05, 4.69) is 36.4 Å². The molecule has 0 bridgehead atoms. The number of aryl methyl sites for hydroxylation is 1. The molecule has 4 atom stereocenters. The lowest BCUT2D eigenvalue weighted by molar-refractivity contribution is -0.152. The highest BCUT2D eigenvalue weighted by Crippen LogP contribution is 2.34. The number of aromatic nitrogens is 4. The Balaban J connectivity index is 1.37. The summed E-state index contributed by atoms with van der Waals surface area (Å²) in [5, 5.41) is 27.3. The Hall–Kier alpha value is -4.42. The maximum Gasteiger partial charge on any atom is 0.333 e. The molecular weight excluding hydrogens is 528 g/mol. The molecule has 1 aliphatic heterocycles. The molecule has 0 saturated carbocycles. The van der Waals surface area contributed by atoms with Crippen molar-refractivity contribution in [3.05, 3.63) is 87.3 Å². The highest BCUT2D eigenvalue weighted by molar-refractivity contribution is 6.30. The number of hydrogen-bond donors (Lipinski definition) is 3. The quantitative estimate of drug-likeness (QED) is 0.157. The summed E-state index contributed by atoms with van der Waals surface area (Å²) < 4.78 is 13.0. The van der Waals surface area contributed by atoms with E-state index in [0.29, 0.717) is 35.3 Å². The summed E-state index contributed by atoms with van der Waals surface area (Å²) in [6, 6.07) is 12.1. The Morgan fingerprint density at radius 2 is 2.13 bits per heavy atom. The molecule has 2 aromatic heterocycles. The fourth-order valence-corrected chi connectivity index (χ4v) is 4.61. The van der Waals surface area contributed by atoms with Crippen LogP contribution in [-0.4, -0.2) is 54.0 Å². The summed E-state index contributed by atoms with van der Waals surface area (Å²) >= 11 is 6.26. The van der Waals surface area contributed by atoms with Gasteiger partial charge < -0.3 is 25.0 Å². The van der Waals surface area contributed by atoms with Crippen molar-refractivity contribution in [2.45, 2.75) is 44.6 Å². The zero-order valence-corrected chi connectivity index (χ0v) is 21.3. The Morgan fingerprint density at radius 3 is 2.90 bits per heavy atom. The largest absolute Gasteiger partial charge is 0.489 e. The molecule has 3 N–H and O–H groups in total. The number of azide groups is 1. The van der Waals surface area contributed by atoms with Crippen LogP contribution in [0.3, 0.4) is 0 Å². The zero-order chi connectivity index (χ0) is 27.5. The first-order valence-corrected chi connectivity index (χ1v) is 12.2. The number of carboxylic acid groups (broad SMARTS) is 1. The van der Waals surface area contributed by atoms with Crippen LogP contribution in [0.4, 0.5) is 5.82 Å². The highest BCUT2D eigenvalue weighted by Gasteiger charge is 2.48. The molecule has 0 aliphatic carbocycles. The number of nitrogens with one attached hydrogen (secondary N) is 1. The van der Waals surface area contributed by atoms with E-state index in [1.54, 1.807) is 18.2 Å². The molecule has 1 fully saturated rings. The van der Waals surface area contributed by atoms with E-state index in [1.165, 1.54) is 17.2 Å². The molecule has 0 amide bonds. The van der Waals surface area contributed by atoms with Gasteiger partial charge in [-0.1, -0.05) is 46.5 Å². The van der Waals surface area contributed by atoms with E-state index in [1.807, 2.05) is 25.1 Å². The number of carboxylic acids is 1. The third-order valence-electron chi connectivity index (χ3n) is 6.25. The number of nitrogens with zero attached hydrogens (tertiary/aromatic N) is 7. The first-order valence-electron chi connectivity index (χ1n) is 11.8. The van der Waals surface area contributed by atoms with Crippen LogP contribution in [0.25, 0.3) is 21.6 Å². The molecule has 2 aromatic carbocycles. The van der Waals surface area contributed by atoms with Crippen LogP contribution in [-0.2, 0) is 22.7 Å². The van der Waals surface area contributed by atoms with Crippen molar-refractivity contribution in [3.8, 4) is 5.75 Å². The molecule has 5 rings (SSSR count). The monoisotopic (exact) mass is 550 g/mol. The summed E-state index contributed by atoms with van der Waals surface area (Å²) in [6.07, 6.45) is -1.50. The highest BCUT2D eigenvalue weighted by atomic mass is 35.5. The molecular formula is C25H23ClN8O5. The van der Waals surface area contributed by atoms with Crippen LogP contribution in [0, 0.1) is 6.92 Å². The van der Waals surface area contributed by atoms with Crippen molar-refractivity contribution in [2.75, 3.05) is 5.32 Å². The number of aliphatic hydroxyl groups is 1. The SMILES string of the molecule is Cc1cccc(COc2ccc(Cl)cc2CNc2ncnc3c2ncn3C2OC(C(=O)O)C(N=[N+]=[N-])C2O)c1. The van der Waals surface area contributed by atoms with Crippen molar-refractivity contribution < 1.29 is 24.5 Å². The van der Waals surface area contributed by atoms with Crippen molar-refractivity contribution in [3.63, 3.8) is 0 Å². The molecule has 1 saturated heterocycles. The maximum atomic E-state index is 11.6. The summed E-state index contributed by atoms with van der Waals surface area (Å²) in [4.78, 5) is 27.1. The minimum absolute atomic E-state index is 0.282. The molecule has 200 valence electrons. The lowest BCUT2D eigenvalue weighted by Crippen LogP contribution is -2.34. The zero-order valence-electron chi connectivity index (χ0n) is 20.5. The summed E-state index contributed by atoms with van der Waals surface area (Å²) in [5.41, 5.74) is 12.4. The van der Waals surface area contributed by atoms with Crippen molar-refractivity contribution in [2.24, 2.45) is 5.11 Å². The van der Waals surface area contributed by atoms with Gasteiger partial charge in [0.25, 0.3) is 0 Å². The summed E-state index contributed by atoms with van der Waals surface area (Å²) in [6.45, 7) is 2.70. The predicted molar refractivity (Wildman–Crippen MR) is 140 cm³/mol. The van der Waals surface area contributed by atoms with E-state index < -0.39 is 30.4 Å². The van der Waals surface area contributed by atoms with Gasteiger partial charge in [-0.3, -0.25) is 4.57 Å². The third-order valence-corrected chi connectivity index (χ3v) is 6.48. The first kappa shape index (κ1) is 26.2. The fraction of sp³-hybridized carbons (Fsp3) is 0.280. The molecule has 3 heterocycles. The third kappa shape index (κ3) is 5.42. The van der Waals surface area contributed by atoms with Gasteiger partial charge in [0.05, 0.1) is 6.33 Å². The van der Waals surface area contributed by atoms with Crippen LogP contribution in [0.2, 0.25) is 5.02 Å². The molecule has 39 heavy (non-hydrogen) atoms. The number of ether oxygens (including phenoxy) is 2. The summed E-state index contributed by atoms with van der Waals surface area (Å²) in [5.74, 6) is -0.329. The van der Waals surface area contributed by atoms with E-state index in [0.717, 1.165) is 16.7 Å². The van der Waals surface area contributed by atoms with Gasteiger partial charge in [-0.25, -0.2) is 19.7 Å². The lowest BCUT2D eigenvalue weighted by atomic mass is 10.1. The summed E-state index contributed by atoms with van der Waals surface area (Å²) in [7, 11) is 0. The number of halogens is 1. The Kier molecular flexibility index (Phi) is 7.48. The Morgan fingerprint density at radius 1 is 1.28 bits per heavy atom. The second-order valence-corrected chi connectivity index (χ2v) is 9.34. The van der Waals surface area contributed by atoms with Crippen molar-refractivity contribution in [1.29, 1.82) is 0 Å². The molecule has 1 aliphatic rings. The van der Waals surface area contributed by atoms with Crippen molar-refractivity contribution in [1.82, 2.24) is 19.5 Å². The minimum atomic E-state index is -1.53. The standard InChI is InChI=1S/C25H23ClN8O5/c1-13-3-2-4-14(7-13)10-38-17-6-5-16(26)8-15(17)9-28-22-19-23(30-11-29-22)34(12-31-19)24-20(35)18(32-33-27)21(39-24)25(36)37/h2-8,11-12,18,20-21,24,35H,9-10H2,1H3,(H,36,37)(H,28,29,30). The molecule has 0 spiro atoms. The van der Waals surface area contributed by atoms with Gasteiger partial charge in [0, 0.05) is 22.0 Å². The predicted octanol–water partition coefficient (Wildman–Crippen LogP) is 4.00. The average molecular weight is 551 g/mol. The molecule has 4 aromatic rings. The number of aliphatic carboxylic acids is 1. The number of hydrogen-bond acceptors (Lipinski definition) is 9. The van der Waals surface area contributed by atoms with E-state index in [4.69, 9.17) is 26.6 Å². The van der Waals surface area contributed by atoms with Gasteiger partial charge in [-0.15, -0.1) is 0 Å². The van der Waals surface area contributed by atoms with Gasteiger partial charge in [0.1, 0.15) is 30.8 Å². The number of rotatable bonds is 9. The minimum Gasteiger partial charge on any atom is -0.489 e. The lowest BCUT2D eigenvalue weighted by Gasteiger charge is -2.17. The maximum absolute atomic E-state index is 11.6. The van der Waals surface area contributed by atoms with Gasteiger partial charge >= 0.3 is 5.97 Å². The average Bonchev–Trinajstić information content (AvgIpc) is 3.48. The van der Waals surface area contributed by atoms with Gasteiger partial charge in [0.15, 0.2) is 29.3 Å². The fourth-order valence-electron chi connectivity index (χ4n) is 4.42. The number of imidazole rings is 1. The molecule has 4 unspecified atom stereocenters. The van der Waals surface area contributed by atoms with E-state index in [-0.39, 0.29) is 5.65 Å². The van der Waals surface area contributed by atoms with Crippen LogP contribution in [0.1, 0.15) is 22.9 Å². The Bertz CT molecular complexity index is 1570. The molecule has 14 heteroatoms. The number of carbonyl (C=O) groups is 1. The Labute approximate surface area is 226 Å². The van der Waals surface area contributed by atoms with Crippen LogP contribution in [0.15, 0.2) is 60.2 Å². The van der Waals surface area contributed by atoms with Crippen LogP contribution < -0.4 is 10.1 Å².